The van der Waals surface area contributed by atoms with E-state index in [-0.39, 0.29) is 35.3 Å². The number of alkyl halides is 4. The molecule has 0 unspecified atom stereocenters. The van der Waals surface area contributed by atoms with Crippen LogP contribution in [0.15, 0.2) is 20.1 Å². The smallest absolute Gasteiger partial charge is 0.389 e. The third kappa shape index (κ3) is 3.67. The van der Waals surface area contributed by atoms with Crippen molar-refractivity contribution in [3.8, 4) is 0 Å². The van der Waals surface area contributed by atoms with Crippen molar-refractivity contribution in [3.05, 3.63) is 38.2 Å². The van der Waals surface area contributed by atoms with E-state index in [1.807, 2.05) is 0 Å². The van der Waals surface area contributed by atoms with Gasteiger partial charge in [-0.2, -0.15) is 18.2 Å². The summed E-state index contributed by atoms with van der Waals surface area (Å²) >= 11 is 0. The SMILES string of the molecule is O=c1cc(CCCC(F)(F)F)c2c(=O)[nH]c(CF)nc2o1. The van der Waals surface area contributed by atoms with Crippen LogP contribution in [-0.4, -0.2) is 16.1 Å². The molecule has 0 spiro atoms. The van der Waals surface area contributed by atoms with Crippen LogP contribution in [0.2, 0.25) is 0 Å². The normalized spacial score (nSPS) is 12.0. The molecule has 0 amide bonds. The minimum atomic E-state index is -4.32. The highest BCUT2D eigenvalue weighted by molar-refractivity contribution is 5.75. The lowest BCUT2D eigenvalue weighted by Crippen LogP contribution is -2.16. The van der Waals surface area contributed by atoms with E-state index in [0.29, 0.717) is 0 Å². The zero-order chi connectivity index (χ0) is 15.6. The lowest BCUT2D eigenvalue weighted by Gasteiger charge is -2.07. The van der Waals surface area contributed by atoms with E-state index in [9.17, 15) is 27.2 Å². The molecule has 2 heterocycles. The van der Waals surface area contributed by atoms with Crippen molar-refractivity contribution in [3.63, 3.8) is 0 Å². The Bertz CT molecular complexity index is 764. The number of aromatic nitrogens is 2. The summed E-state index contributed by atoms with van der Waals surface area (Å²) in [5.74, 6) is -0.317. The van der Waals surface area contributed by atoms with E-state index in [1.54, 1.807) is 0 Å². The Morgan fingerprint density at radius 1 is 1.29 bits per heavy atom. The van der Waals surface area contributed by atoms with Crippen molar-refractivity contribution in [1.29, 1.82) is 0 Å². The van der Waals surface area contributed by atoms with Crippen LogP contribution < -0.4 is 11.2 Å². The Morgan fingerprint density at radius 3 is 2.62 bits per heavy atom. The van der Waals surface area contributed by atoms with Crippen LogP contribution in [0, 0.1) is 0 Å². The third-order valence-electron chi connectivity index (χ3n) is 2.78. The summed E-state index contributed by atoms with van der Waals surface area (Å²) in [7, 11) is 0. The average molecular weight is 306 g/mol. The standard InChI is InChI=1S/C12H10F4N2O3/c13-5-7-17-10(20)9-6(2-1-3-12(14,15)16)4-8(19)21-11(9)18-7/h4H,1-3,5H2,(H,17,18,20). The Hall–Kier alpha value is -2.19. The number of rotatable bonds is 4. The molecule has 2 rings (SSSR count). The summed E-state index contributed by atoms with van der Waals surface area (Å²) in [5, 5.41) is -0.131. The van der Waals surface area contributed by atoms with Crippen LogP contribution in [0.4, 0.5) is 17.6 Å². The maximum atomic E-state index is 12.5. The molecule has 21 heavy (non-hydrogen) atoms. The molecule has 9 heteroatoms. The maximum Gasteiger partial charge on any atom is 0.389 e. The molecule has 0 fully saturated rings. The minimum absolute atomic E-state index is 0.102. The lowest BCUT2D eigenvalue weighted by atomic mass is 10.1. The summed E-state index contributed by atoms with van der Waals surface area (Å²) in [5.41, 5.74) is -1.88. The third-order valence-corrected chi connectivity index (χ3v) is 2.78. The van der Waals surface area contributed by atoms with Gasteiger partial charge in [-0.15, -0.1) is 0 Å². The van der Waals surface area contributed by atoms with E-state index in [0.717, 1.165) is 6.07 Å². The van der Waals surface area contributed by atoms with Gasteiger partial charge in [0.05, 0.1) is 0 Å². The molecule has 114 valence electrons. The van der Waals surface area contributed by atoms with Crippen molar-refractivity contribution in [2.45, 2.75) is 32.1 Å². The number of halogens is 4. The molecule has 0 atom stereocenters. The van der Waals surface area contributed by atoms with E-state index < -0.39 is 30.5 Å². The first-order valence-corrected chi connectivity index (χ1v) is 5.99. The number of aromatic amines is 1. The molecular formula is C12H10F4N2O3. The molecule has 0 radical (unpaired) electrons. The summed E-state index contributed by atoms with van der Waals surface area (Å²) in [4.78, 5) is 28.9. The fraction of sp³-hybridized carbons (Fsp3) is 0.417. The van der Waals surface area contributed by atoms with Gasteiger partial charge < -0.3 is 9.40 Å². The molecule has 0 aliphatic carbocycles. The fourth-order valence-corrected chi connectivity index (χ4v) is 1.93. The van der Waals surface area contributed by atoms with Gasteiger partial charge in [-0.05, 0) is 18.4 Å². The molecule has 2 aromatic heterocycles. The molecule has 5 nitrogen and oxygen atoms in total. The highest BCUT2D eigenvalue weighted by Crippen LogP contribution is 2.23. The Balaban J connectivity index is 2.44. The van der Waals surface area contributed by atoms with E-state index in [1.165, 1.54) is 0 Å². The second-order valence-electron chi connectivity index (χ2n) is 4.39. The molecule has 0 aliphatic heterocycles. The predicted octanol–water partition coefficient (Wildman–Crippen LogP) is 2.23. The predicted molar refractivity (Wildman–Crippen MR) is 64.7 cm³/mol. The van der Waals surface area contributed by atoms with Crippen molar-refractivity contribution < 1.29 is 22.0 Å². The van der Waals surface area contributed by atoms with Gasteiger partial charge in [-0.25, -0.2) is 9.18 Å². The second kappa shape index (κ2) is 5.66. The van der Waals surface area contributed by atoms with Gasteiger partial charge in [-0.1, -0.05) is 0 Å². The summed E-state index contributed by atoms with van der Waals surface area (Å²) in [6, 6.07) is 0.949. The molecule has 0 saturated heterocycles. The van der Waals surface area contributed by atoms with Gasteiger partial charge in [0.15, 0.2) is 0 Å². The molecular weight excluding hydrogens is 296 g/mol. The average Bonchev–Trinajstić information content (AvgIpc) is 2.35. The van der Waals surface area contributed by atoms with Gasteiger partial charge in [0.1, 0.15) is 17.9 Å². The van der Waals surface area contributed by atoms with Crippen LogP contribution in [0.25, 0.3) is 11.1 Å². The van der Waals surface area contributed by atoms with Gasteiger partial charge in [0.2, 0.25) is 5.71 Å². The van der Waals surface area contributed by atoms with Crippen LogP contribution in [-0.2, 0) is 13.1 Å². The van der Waals surface area contributed by atoms with Gasteiger partial charge in [0, 0.05) is 12.5 Å². The van der Waals surface area contributed by atoms with E-state index >= 15 is 0 Å². The molecule has 0 aromatic carbocycles. The second-order valence-corrected chi connectivity index (χ2v) is 4.39. The highest BCUT2D eigenvalue weighted by atomic mass is 19.4. The molecule has 2 aromatic rings. The minimum Gasteiger partial charge on any atom is -0.403 e. The maximum absolute atomic E-state index is 12.5. The first kappa shape index (κ1) is 15.2. The van der Waals surface area contributed by atoms with Crippen molar-refractivity contribution in [1.82, 2.24) is 9.97 Å². The van der Waals surface area contributed by atoms with Gasteiger partial charge >= 0.3 is 11.8 Å². The van der Waals surface area contributed by atoms with Crippen LogP contribution in [0.1, 0.15) is 24.2 Å². The van der Waals surface area contributed by atoms with Crippen LogP contribution in [0.5, 0.6) is 0 Å². The number of hydrogen-bond donors (Lipinski definition) is 1. The number of H-pyrrole nitrogens is 1. The Morgan fingerprint density at radius 2 is 2.00 bits per heavy atom. The zero-order valence-corrected chi connectivity index (χ0v) is 10.6. The van der Waals surface area contributed by atoms with Gasteiger partial charge in [-0.3, -0.25) is 4.79 Å². The first-order chi connectivity index (χ1) is 9.80. The van der Waals surface area contributed by atoms with Crippen LogP contribution >= 0.6 is 0 Å². The van der Waals surface area contributed by atoms with E-state index in [2.05, 4.69) is 9.97 Å². The largest absolute Gasteiger partial charge is 0.403 e. The number of nitrogens with zero attached hydrogens (tertiary/aromatic N) is 1. The molecule has 0 bridgehead atoms. The summed E-state index contributed by atoms with van der Waals surface area (Å²) in [6.07, 6.45) is -5.78. The first-order valence-electron chi connectivity index (χ1n) is 5.99. The fourth-order valence-electron chi connectivity index (χ4n) is 1.93. The molecule has 0 aliphatic rings. The quantitative estimate of drug-likeness (QED) is 0.879. The van der Waals surface area contributed by atoms with Crippen LogP contribution in [0.3, 0.4) is 0 Å². The van der Waals surface area contributed by atoms with Gasteiger partial charge in [0.25, 0.3) is 5.56 Å². The van der Waals surface area contributed by atoms with Crippen molar-refractivity contribution in [2.75, 3.05) is 0 Å². The number of fused-ring (bicyclic) bond motifs is 1. The topological polar surface area (TPSA) is 76.0 Å². The number of hydrogen-bond acceptors (Lipinski definition) is 4. The number of aryl methyl sites for hydroxylation is 1. The zero-order valence-electron chi connectivity index (χ0n) is 10.6. The van der Waals surface area contributed by atoms with Crippen molar-refractivity contribution >= 4 is 11.1 Å². The highest BCUT2D eigenvalue weighted by Gasteiger charge is 2.26. The monoisotopic (exact) mass is 306 g/mol. The lowest BCUT2D eigenvalue weighted by molar-refractivity contribution is -0.135. The van der Waals surface area contributed by atoms with Crippen molar-refractivity contribution in [2.24, 2.45) is 0 Å². The summed E-state index contributed by atoms with van der Waals surface area (Å²) < 4.78 is 53.6. The molecule has 0 saturated carbocycles. The number of nitrogens with one attached hydrogen (secondary N) is 1. The molecule has 1 N–H and O–H groups in total. The summed E-state index contributed by atoms with van der Waals surface area (Å²) in [6.45, 7) is -1.06. The Kier molecular flexibility index (Phi) is 4.10. The Labute approximate surface area is 114 Å². The van der Waals surface area contributed by atoms with E-state index in [4.69, 9.17) is 4.42 Å².